The first-order chi connectivity index (χ1) is 10.2. The Labute approximate surface area is 127 Å². The molecule has 110 valence electrons. The molecule has 0 spiro atoms. The summed E-state index contributed by atoms with van der Waals surface area (Å²) in [6.45, 7) is 0.353. The summed E-state index contributed by atoms with van der Waals surface area (Å²) in [4.78, 5) is 11.9. The van der Waals surface area contributed by atoms with Crippen molar-refractivity contribution in [2.75, 3.05) is 19.5 Å². The minimum absolute atomic E-state index is 0.121. The van der Waals surface area contributed by atoms with E-state index in [2.05, 4.69) is 20.3 Å². The molecular formula is C13H14N4O3S. The Hall–Kier alpha value is -2.48. The first-order valence-electron chi connectivity index (χ1n) is 6.03. The lowest BCUT2D eigenvalue weighted by molar-refractivity contribution is 0.299. The van der Waals surface area contributed by atoms with E-state index in [1.807, 2.05) is 30.3 Å². The molecule has 0 amide bonds. The smallest absolute Gasteiger partial charge is 0.324 e. The SMILES string of the molecule is COc1nc(NC(=S)OCc2ccccc2)nc(OC)n1. The first kappa shape index (κ1) is 14.9. The molecule has 2 rings (SSSR count). The molecule has 1 N–H and O–H groups in total. The molecule has 0 saturated heterocycles. The highest BCUT2D eigenvalue weighted by atomic mass is 32.1. The Kier molecular flexibility index (Phi) is 5.22. The second-order valence-electron chi connectivity index (χ2n) is 3.82. The number of aromatic nitrogens is 3. The van der Waals surface area contributed by atoms with Gasteiger partial charge in [-0.3, -0.25) is 5.32 Å². The standard InChI is InChI=1S/C13H14N4O3S/c1-18-11-14-10(15-12(17-11)19-2)16-13(21)20-8-9-6-4-3-5-7-9/h3-7H,8H2,1-2H3,(H,14,15,16,17,21). The fraction of sp³-hybridized carbons (Fsp3) is 0.231. The first-order valence-corrected chi connectivity index (χ1v) is 6.44. The Balaban J connectivity index is 1.96. The summed E-state index contributed by atoms with van der Waals surface area (Å²) in [5.41, 5.74) is 1.01. The fourth-order valence-corrected chi connectivity index (χ4v) is 1.58. The van der Waals surface area contributed by atoms with E-state index in [0.29, 0.717) is 6.61 Å². The molecule has 0 saturated carbocycles. The maximum atomic E-state index is 5.42. The monoisotopic (exact) mass is 306 g/mol. The van der Waals surface area contributed by atoms with Gasteiger partial charge in [0.15, 0.2) is 0 Å². The van der Waals surface area contributed by atoms with Crippen molar-refractivity contribution in [2.24, 2.45) is 0 Å². The number of nitrogens with one attached hydrogen (secondary N) is 1. The number of hydrogen-bond donors (Lipinski definition) is 1. The number of hydrogen-bond acceptors (Lipinski definition) is 7. The normalized spacial score (nSPS) is 9.81. The number of thiocarbonyl (C=S) groups is 1. The highest BCUT2D eigenvalue weighted by Gasteiger charge is 2.09. The van der Waals surface area contributed by atoms with E-state index in [0.717, 1.165) is 5.56 Å². The zero-order valence-corrected chi connectivity index (χ0v) is 12.4. The molecule has 8 heteroatoms. The van der Waals surface area contributed by atoms with Crippen molar-refractivity contribution in [3.63, 3.8) is 0 Å². The van der Waals surface area contributed by atoms with Crippen LogP contribution in [0.3, 0.4) is 0 Å². The van der Waals surface area contributed by atoms with Gasteiger partial charge >= 0.3 is 12.0 Å². The predicted octanol–water partition coefficient (Wildman–Crippen LogP) is 1.80. The van der Waals surface area contributed by atoms with E-state index in [-0.39, 0.29) is 23.1 Å². The van der Waals surface area contributed by atoms with Gasteiger partial charge in [0.1, 0.15) is 6.61 Å². The van der Waals surface area contributed by atoms with Crippen LogP contribution in [0.25, 0.3) is 0 Å². The molecular weight excluding hydrogens is 292 g/mol. The topological polar surface area (TPSA) is 78.4 Å². The third kappa shape index (κ3) is 4.53. The van der Waals surface area contributed by atoms with E-state index < -0.39 is 0 Å². The van der Waals surface area contributed by atoms with Crippen LogP contribution in [0.5, 0.6) is 12.0 Å². The molecule has 0 unspecified atom stereocenters. The van der Waals surface area contributed by atoms with Gasteiger partial charge in [-0.15, -0.1) is 4.98 Å². The average molecular weight is 306 g/mol. The summed E-state index contributed by atoms with van der Waals surface area (Å²) in [6.07, 6.45) is 0. The van der Waals surface area contributed by atoms with E-state index >= 15 is 0 Å². The maximum absolute atomic E-state index is 5.42. The van der Waals surface area contributed by atoms with Crippen LogP contribution < -0.4 is 14.8 Å². The Morgan fingerprint density at radius 3 is 2.24 bits per heavy atom. The molecule has 0 radical (unpaired) electrons. The number of benzene rings is 1. The van der Waals surface area contributed by atoms with Crippen LogP contribution in [0.1, 0.15) is 5.56 Å². The Morgan fingerprint density at radius 2 is 1.67 bits per heavy atom. The van der Waals surface area contributed by atoms with Crippen LogP contribution in [-0.2, 0) is 11.3 Å². The lowest BCUT2D eigenvalue weighted by Gasteiger charge is -2.09. The Morgan fingerprint density at radius 1 is 1.05 bits per heavy atom. The zero-order valence-electron chi connectivity index (χ0n) is 11.6. The largest absolute Gasteiger partial charge is 0.467 e. The van der Waals surface area contributed by atoms with E-state index in [4.69, 9.17) is 26.4 Å². The number of methoxy groups -OCH3 is 2. The van der Waals surface area contributed by atoms with Gasteiger partial charge in [0.05, 0.1) is 14.2 Å². The molecule has 0 atom stereocenters. The second-order valence-corrected chi connectivity index (χ2v) is 4.19. The van der Waals surface area contributed by atoms with Crippen LogP contribution in [0, 0.1) is 0 Å². The molecule has 0 aliphatic carbocycles. The maximum Gasteiger partial charge on any atom is 0.324 e. The highest BCUT2D eigenvalue weighted by Crippen LogP contribution is 2.12. The van der Waals surface area contributed by atoms with Gasteiger partial charge in [-0.1, -0.05) is 30.3 Å². The molecule has 0 aliphatic rings. The quantitative estimate of drug-likeness (QED) is 0.838. The van der Waals surface area contributed by atoms with Gasteiger partial charge in [0.2, 0.25) is 5.95 Å². The molecule has 1 aromatic heterocycles. The molecule has 0 bridgehead atoms. The van der Waals surface area contributed by atoms with Crippen LogP contribution in [0.2, 0.25) is 0 Å². The van der Waals surface area contributed by atoms with E-state index in [1.165, 1.54) is 14.2 Å². The van der Waals surface area contributed by atoms with E-state index in [9.17, 15) is 0 Å². The van der Waals surface area contributed by atoms with Crippen LogP contribution >= 0.6 is 12.2 Å². The molecule has 21 heavy (non-hydrogen) atoms. The van der Waals surface area contributed by atoms with Gasteiger partial charge in [0, 0.05) is 0 Å². The minimum atomic E-state index is 0.121. The number of ether oxygens (including phenoxy) is 3. The van der Waals surface area contributed by atoms with Crippen molar-refractivity contribution in [3.05, 3.63) is 35.9 Å². The van der Waals surface area contributed by atoms with E-state index in [1.54, 1.807) is 0 Å². The molecule has 0 aliphatic heterocycles. The lowest BCUT2D eigenvalue weighted by Crippen LogP contribution is -2.16. The number of nitrogens with zero attached hydrogens (tertiary/aromatic N) is 3. The van der Waals surface area contributed by atoms with Crippen molar-refractivity contribution in [1.29, 1.82) is 0 Å². The second kappa shape index (κ2) is 7.34. The van der Waals surface area contributed by atoms with Crippen molar-refractivity contribution < 1.29 is 14.2 Å². The van der Waals surface area contributed by atoms with Gasteiger partial charge in [-0.05, 0) is 17.8 Å². The molecule has 7 nitrogen and oxygen atoms in total. The summed E-state index contributed by atoms with van der Waals surface area (Å²) in [5, 5.41) is 2.90. The molecule has 1 heterocycles. The minimum Gasteiger partial charge on any atom is -0.467 e. The van der Waals surface area contributed by atoms with Crippen molar-refractivity contribution in [1.82, 2.24) is 15.0 Å². The number of anilines is 1. The zero-order chi connectivity index (χ0) is 15.1. The Bertz CT molecular complexity index is 587. The van der Waals surface area contributed by atoms with Crippen LogP contribution in [0.15, 0.2) is 30.3 Å². The number of rotatable bonds is 5. The average Bonchev–Trinajstić information content (AvgIpc) is 2.53. The van der Waals surface area contributed by atoms with Crippen molar-refractivity contribution in [3.8, 4) is 12.0 Å². The van der Waals surface area contributed by atoms with Gasteiger partial charge in [-0.25, -0.2) is 0 Å². The molecule has 2 aromatic rings. The van der Waals surface area contributed by atoms with Crippen molar-refractivity contribution >= 4 is 23.3 Å². The van der Waals surface area contributed by atoms with Gasteiger partial charge in [-0.2, -0.15) is 9.97 Å². The van der Waals surface area contributed by atoms with Crippen molar-refractivity contribution in [2.45, 2.75) is 6.61 Å². The van der Waals surface area contributed by atoms with Gasteiger partial charge < -0.3 is 14.2 Å². The molecule has 0 fully saturated rings. The van der Waals surface area contributed by atoms with Gasteiger partial charge in [0.25, 0.3) is 5.17 Å². The third-order valence-electron chi connectivity index (χ3n) is 2.39. The summed E-state index contributed by atoms with van der Waals surface area (Å²) in [7, 11) is 2.89. The summed E-state index contributed by atoms with van der Waals surface area (Å²) in [6, 6.07) is 9.91. The molecule has 1 aromatic carbocycles. The summed E-state index contributed by atoms with van der Waals surface area (Å²) in [5.74, 6) is 0.191. The van der Waals surface area contributed by atoms with Crippen LogP contribution in [-0.4, -0.2) is 34.3 Å². The predicted molar refractivity (Wildman–Crippen MR) is 80.4 cm³/mol. The third-order valence-corrected chi connectivity index (χ3v) is 2.61. The lowest BCUT2D eigenvalue weighted by atomic mass is 10.2. The summed E-state index contributed by atoms with van der Waals surface area (Å²) < 4.78 is 15.3. The summed E-state index contributed by atoms with van der Waals surface area (Å²) >= 11 is 5.08. The highest BCUT2D eigenvalue weighted by molar-refractivity contribution is 7.80. The fourth-order valence-electron chi connectivity index (χ4n) is 1.43. The van der Waals surface area contributed by atoms with Crippen LogP contribution in [0.4, 0.5) is 5.95 Å².